The average molecular weight is 344 g/mol. The van der Waals surface area contributed by atoms with Gasteiger partial charge in [0.2, 0.25) is 0 Å². The average Bonchev–Trinajstić information content (AvgIpc) is 2.87. The quantitative estimate of drug-likeness (QED) is 0.883. The molecule has 3 rings (SSSR count). The molecule has 0 bridgehead atoms. The molecule has 1 heterocycles. The van der Waals surface area contributed by atoms with E-state index in [1.807, 2.05) is 0 Å². The molecule has 0 saturated carbocycles. The van der Waals surface area contributed by atoms with Crippen molar-refractivity contribution in [3.8, 4) is 0 Å². The van der Waals surface area contributed by atoms with Crippen LogP contribution in [0.5, 0.6) is 0 Å². The van der Waals surface area contributed by atoms with Crippen LogP contribution in [0.1, 0.15) is 31.8 Å². The highest BCUT2D eigenvalue weighted by molar-refractivity contribution is 7.89. The summed E-state index contributed by atoms with van der Waals surface area (Å²) in [5.41, 5.74) is 2.88. The Labute approximate surface area is 139 Å². The summed E-state index contributed by atoms with van der Waals surface area (Å²) in [6.45, 7) is 0.496. The van der Waals surface area contributed by atoms with E-state index in [0.29, 0.717) is 28.9 Å². The van der Waals surface area contributed by atoms with Gasteiger partial charge in [0.25, 0.3) is 11.8 Å². The molecule has 2 N–H and O–H groups in total. The fourth-order valence-corrected chi connectivity index (χ4v) is 3.38. The summed E-state index contributed by atoms with van der Waals surface area (Å²) in [7, 11) is -3.17. The number of rotatable bonds is 4. The first-order valence-electron chi connectivity index (χ1n) is 7.31. The van der Waals surface area contributed by atoms with E-state index < -0.39 is 9.84 Å². The van der Waals surface area contributed by atoms with Gasteiger partial charge in [-0.3, -0.25) is 9.59 Å². The molecule has 0 aromatic heterocycles. The van der Waals surface area contributed by atoms with Crippen LogP contribution in [0.4, 0.5) is 5.69 Å². The van der Waals surface area contributed by atoms with Gasteiger partial charge in [-0.15, -0.1) is 0 Å². The number of anilines is 1. The van der Waals surface area contributed by atoms with E-state index in [1.165, 1.54) is 0 Å². The standard InChI is InChI=1S/C17H16N2O4S/c1-24(22,23)10-11-3-2-4-12(7-11)16(20)19-14-6-5-13-9-18-17(21)15(13)8-14/h2-8H,9-10H2,1H3,(H,18,21)(H,19,20). The first-order chi connectivity index (χ1) is 11.3. The van der Waals surface area contributed by atoms with Crippen molar-refractivity contribution in [2.75, 3.05) is 11.6 Å². The van der Waals surface area contributed by atoms with Crippen LogP contribution in [0.2, 0.25) is 0 Å². The van der Waals surface area contributed by atoms with Gasteiger partial charge in [-0.25, -0.2) is 8.42 Å². The molecule has 0 saturated heterocycles. The van der Waals surface area contributed by atoms with Crippen molar-refractivity contribution in [3.05, 3.63) is 64.7 Å². The summed E-state index contributed by atoms with van der Waals surface area (Å²) in [6, 6.07) is 11.6. The molecule has 0 fully saturated rings. The summed E-state index contributed by atoms with van der Waals surface area (Å²) < 4.78 is 22.7. The summed E-state index contributed by atoms with van der Waals surface area (Å²) >= 11 is 0. The number of hydrogen-bond donors (Lipinski definition) is 2. The first-order valence-corrected chi connectivity index (χ1v) is 9.37. The molecule has 1 aliphatic heterocycles. The second-order valence-electron chi connectivity index (χ2n) is 5.78. The molecule has 7 heteroatoms. The number of carbonyl (C=O) groups is 2. The molecule has 124 valence electrons. The molecule has 1 aliphatic rings. The van der Waals surface area contributed by atoms with E-state index in [1.54, 1.807) is 42.5 Å². The van der Waals surface area contributed by atoms with Crippen LogP contribution in [0.15, 0.2) is 42.5 Å². The molecule has 2 amide bonds. The second kappa shape index (κ2) is 6.09. The highest BCUT2D eigenvalue weighted by Crippen LogP contribution is 2.21. The van der Waals surface area contributed by atoms with Crippen molar-refractivity contribution in [1.29, 1.82) is 0 Å². The predicted molar refractivity (Wildman–Crippen MR) is 90.6 cm³/mol. The number of carbonyl (C=O) groups excluding carboxylic acids is 2. The van der Waals surface area contributed by atoms with Gasteiger partial charge < -0.3 is 10.6 Å². The molecule has 0 aliphatic carbocycles. The minimum atomic E-state index is -3.17. The molecule has 0 radical (unpaired) electrons. The largest absolute Gasteiger partial charge is 0.348 e. The van der Waals surface area contributed by atoms with Gasteiger partial charge in [0, 0.05) is 29.6 Å². The van der Waals surface area contributed by atoms with Crippen LogP contribution in [0.3, 0.4) is 0 Å². The zero-order valence-electron chi connectivity index (χ0n) is 13.0. The molecular formula is C17H16N2O4S. The van der Waals surface area contributed by atoms with Crippen molar-refractivity contribution in [2.45, 2.75) is 12.3 Å². The third-order valence-electron chi connectivity index (χ3n) is 3.67. The van der Waals surface area contributed by atoms with Gasteiger partial charge in [-0.1, -0.05) is 18.2 Å². The van der Waals surface area contributed by atoms with Gasteiger partial charge in [0.05, 0.1) is 5.75 Å². The fourth-order valence-electron chi connectivity index (χ4n) is 2.60. The van der Waals surface area contributed by atoms with Crippen molar-refractivity contribution in [3.63, 3.8) is 0 Å². The molecule has 6 nitrogen and oxygen atoms in total. The van der Waals surface area contributed by atoms with Crippen LogP contribution in [-0.4, -0.2) is 26.5 Å². The van der Waals surface area contributed by atoms with Crippen molar-refractivity contribution >= 4 is 27.3 Å². The highest BCUT2D eigenvalue weighted by Gasteiger charge is 2.19. The third-order valence-corrected chi connectivity index (χ3v) is 4.53. The Hall–Kier alpha value is -2.67. The maximum Gasteiger partial charge on any atom is 0.255 e. The Morgan fingerprint density at radius 1 is 1.21 bits per heavy atom. The van der Waals surface area contributed by atoms with E-state index in [-0.39, 0.29) is 17.6 Å². The van der Waals surface area contributed by atoms with Crippen molar-refractivity contribution in [1.82, 2.24) is 5.32 Å². The Morgan fingerprint density at radius 2 is 2.00 bits per heavy atom. The van der Waals surface area contributed by atoms with Crippen LogP contribution in [0.25, 0.3) is 0 Å². The normalized spacial score (nSPS) is 13.3. The lowest BCUT2D eigenvalue weighted by atomic mass is 10.1. The lowest BCUT2D eigenvalue weighted by Gasteiger charge is -2.08. The minimum absolute atomic E-state index is 0.118. The molecule has 24 heavy (non-hydrogen) atoms. The monoisotopic (exact) mass is 344 g/mol. The summed E-state index contributed by atoms with van der Waals surface area (Å²) in [4.78, 5) is 24.0. The molecule has 0 spiro atoms. The van der Waals surface area contributed by atoms with E-state index in [0.717, 1.165) is 11.8 Å². The summed E-state index contributed by atoms with van der Waals surface area (Å²) in [6.07, 6.45) is 1.15. The van der Waals surface area contributed by atoms with E-state index in [2.05, 4.69) is 10.6 Å². The lowest BCUT2D eigenvalue weighted by molar-refractivity contribution is 0.0964. The van der Waals surface area contributed by atoms with E-state index in [4.69, 9.17) is 0 Å². The van der Waals surface area contributed by atoms with Crippen LogP contribution >= 0.6 is 0 Å². The Balaban J connectivity index is 1.79. The SMILES string of the molecule is CS(=O)(=O)Cc1cccc(C(=O)Nc2ccc3c(c2)C(=O)NC3)c1. The minimum Gasteiger partial charge on any atom is -0.348 e. The van der Waals surface area contributed by atoms with Gasteiger partial charge in [0.15, 0.2) is 9.84 Å². The lowest BCUT2D eigenvalue weighted by Crippen LogP contribution is -2.14. The zero-order chi connectivity index (χ0) is 17.3. The van der Waals surface area contributed by atoms with E-state index >= 15 is 0 Å². The molecule has 0 atom stereocenters. The summed E-state index contributed by atoms with van der Waals surface area (Å²) in [5.74, 6) is -0.632. The van der Waals surface area contributed by atoms with Crippen molar-refractivity contribution in [2.24, 2.45) is 0 Å². The Kier molecular flexibility index (Phi) is 4.11. The molecule has 2 aromatic carbocycles. The fraction of sp³-hybridized carbons (Fsp3) is 0.176. The van der Waals surface area contributed by atoms with Gasteiger partial charge in [-0.2, -0.15) is 0 Å². The topological polar surface area (TPSA) is 92.3 Å². The number of fused-ring (bicyclic) bond motifs is 1. The molecule has 0 unspecified atom stereocenters. The van der Waals surface area contributed by atoms with Gasteiger partial charge >= 0.3 is 0 Å². The summed E-state index contributed by atoms with van der Waals surface area (Å²) in [5, 5.41) is 5.45. The second-order valence-corrected chi connectivity index (χ2v) is 7.92. The zero-order valence-corrected chi connectivity index (χ0v) is 13.8. The number of nitrogens with one attached hydrogen (secondary N) is 2. The van der Waals surface area contributed by atoms with Gasteiger partial charge in [0.1, 0.15) is 0 Å². The maximum atomic E-state index is 12.4. The van der Waals surface area contributed by atoms with Gasteiger partial charge in [-0.05, 0) is 35.4 Å². The maximum absolute atomic E-state index is 12.4. The number of amides is 2. The van der Waals surface area contributed by atoms with E-state index in [9.17, 15) is 18.0 Å². The van der Waals surface area contributed by atoms with Crippen LogP contribution in [-0.2, 0) is 22.1 Å². The third kappa shape index (κ3) is 3.62. The molecule has 2 aromatic rings. The van der Waals surface area contributed by atoms with Crippen LogP contribution in [0, 0.1) is 0 Å². The molecular weight excluding hydrogens is 328 g/mol. The smallest absolute Gasteiger partial charge is 0.255 e. The highest BCUT2D eigenvalue weighted by atomic mass is 32.2. The number of benzene rings is 2. The Bertz CT molecular complexity index is 935. The predicted octanol–water partition coefficient (Wildman–Crippen LogP) is 1.73. The first kappa shape index (κ1) is 16.2. The number of sulfone groups is 1. The number of hydrogen-bond acceptors (Lipinski definition) is 4. The van der Waals surface area contributed by atoms with Crippen molar-refractivity contribution < 1.29 is 18.0 Å². The Morgan fingerprint density at radius 3 is 2.75 bits per heavy atom. The van der Waals surface area contributed by atoms with Crippen LogP contribution < -0.4 is 10.6 Å².